The van der Waals surface area contributed by atoms with Gasteiger partial charge in [0.15, 0.2) is 0 Å². The number of aromatic nitrogens is 1. The van der Waals surface area contributed by atoms with E-state index in [4.69, 9.17) is 15.2 Å². The molecule has 2 aromatic rings. The predicted molar refractivity (Wildman–Crippen MR) is 74.4 cm³/mol. The fourth-order valence-electron chi connectivity index (χ4n) is 2.02. The Labute approximate surface area is 117 Å². The van der Waals surface area contributed by atoms with Crippen molar-refractivity contribution in [3.63, 3.8) is 0 Å². The van der Waals surface area contributed by atoms with E-state index in [1.165, 1.54) is 13.2 Å². The normalized spacial score (nSPS) is 12.0. The minimum atomic E-state index is -0.668. The topological polar surface area (TPSA) is 57.4 Å². The Kier molecular flexibility index (Phi) is 4.53. The maximum absolute atomic E-state index is 14.0. The van der Waals surface area contributed by atoms with Gasteiger partial charge in [-0.05, 0) is 30.7 Å². The van der Waals surface area contributed by atoms with Gasteiger partial charge in [-0.1, -0.05) is 6.07 Å². The van der Waals surface area contributed by atoms with Crippen LogP contribution in [0, 0.1) is 5.82 Å². The molecule has 0 amide bonds. The molecule has 0 aliphatic rings. The largest absolute Gasteiger partial charge is 0.496 e. The summed E-state index contributed by atoms with van der Waals surface area (Å²) in [7, 11) is 1.49. The number of benzene rings is 1. The van der Waals surface area contributed by atoms with Gasteiger partial charge >= 0.3 is 0 Å². The highest BCUT2D eigenvalue weighted by atomic mass is 19.1. The van der Waals surface area contributed by atoms with Crippen LogP contribution in [0.15, 0.2) is 36.7 Å². The van der Waals surface area contributed by atoms with E-state index >= 15 is 0 Å². The Bertz CT molecular complexity index is 590. The van der Waals surface area contributed by atoms with Crippen molar-refractivity contribution >= 4 is 0 Å². The first-order valence-corrected chi connectivity index (χ1v) is 6.33. The first-order chi connectivity index (χ1) is 9.67. The highest BCUT2D eigenvalue weighted by Gasteiger charge is 2.19. The number of rotatable bonds is 5. The van der Waals surface area contributed by atoms with Crippen LogP contribution in [0.3, 0.4) is 0 Å². The molecule has 2 rings (SSSR count). The van der Waals surface area contributed by atoms with Crippen molar-refractivity contribution in [2.45, 2.75) is 13.0 Å². The molecule has 0 aliphatic heterocycles. The van der Waals surface area contributed by atoms with Crippen molar-refractivity contribution < 1.29 is 13.9 Å². The third-order valence-electron chi connectivity index (χ3n) is 2.95. The second-order valence-electron chi connectivity index (χ2n) is 4.22. The monoisotopic (exact) mass is 276 g/mol. The van der Waals surface area contributed by atoms with Crippen LogP contribution >= 0.6 is 0 Å². The molecule has 1 aromatic carbocycles. The third-order valence-corrected chi connectivity index (χ3v) is 2.95. The summed E-state index contributed by atoms with van der Waals surface area (Å²) >= 11 is 0. The summed E-state index contributed by atoms with van der Waals surface area (Å²) in [5, 5.41) is 0. The van der Waals surface area contributed by atoms with Crippen molar-refractivity contribution in [2.75, 3.05) is 13.7 Å². The molecule has 1 atom stereocenters. The lowest BCUT2D eigenvalue weighted by molar-refractivity contribution is 0.338. The Hall–Kier alpha value is -2.14. The van der Waals surface area contributed by atoms with Gasteiger partial charge in [0.25, 0.3) is 0 Å². The number of methoxy groups -OCH3 is 1. The predicted octanol–water partition coefficient (Wildman–Crippen LogP) is 2.68. The molecular weight excluding hydrogens is 259 g/mol. The SMILES string of the molecule is CCOc1cncc(C(N)c2c(F)cccc2OC)c1. The van der Waals surface area contributed by atoms with Crippen LogP contribution in [0.2, 0.25) is 0 Å². The van der Waals surface area contributed by atoms with E-state index in [0.717, 1.165) is 0 Å². The number of halogens is 1. The maximum atomic E-state index is 14.0. The molecule has 1 unspecified atom stereocenters. The fourth-order valence-corrected chi connectivity index (χ4v) is 2.02. The van der Waals surface area contributed by atoms with E-state index in [2.05, 4.69) is 4.98 Å². The van der Waals surface area contributed by atoms with Gasteiger partial charge in [0.1, 0.15) is 17.3 Å². The van der Waals surface area contributed by atoms with Crippen molar-refractivity contribution in [3.05, 3.63) is 53.6 Å². The molecule has 0 aliphatic carbocycles. The Morgan fingerprint density at radius 3 is 2.85 bits per heavy atom. The summed E-state index contributed by atoms with van der Waals surface area (Å²) in [6.45, 7) is 2.41. The van der Waals surface area contributed by atoms with Crippen LogP contribution in [-0.2, 0) is 0 Å². The highest BCUT2D eigenvalue weighted by molar-refractivity contribution is 5.42. The van der Waals surface area contributed by atoms with Gasteiger partial charge in [0, 0.05) is 6.20 Å². The Morgan fingerprint density at radius 2 is 2.15 bits per heavy atom. The zero-order valence-electron chi connectivity index (χ0n) is 11.5. The second-order valence-corrected chi connectivity index (χ2v) is 4.22. The van der Waals surface area contributed by atoms with Crippen molar-refractivity contribution in [2.24, 2.45) is 5.73 Å². The van der Waals surface area contributed by atoms with Crippen molar-refractivity contribution in [3.8, 4) is 11.5 Å². The number of hydrogen-bond acceptors (Lipinski definition) is 4. The zero-order chi connectivity index (χ0) is 14.5. The fraction of sp³-hybridized carbons (Fsp3) is 0.267. The molecule has 106 valence electrons. The molecule has 0 fully saturated rings. The average Bonchev–Trinajstić information content (AvgIpc) is 2.47. The van der Waals surface area contributed by atoms with E-state index in [-0.39, 0.29) is 0 Å². The lowest BCUT2D eigenvalue weighted by Crippen LogP contribution is -2.15. The second kappa shape index (κ2) is 6.34. The maximum Gasteiger partial charge on any atom is 0.137 e. The average molecular weight is 276 g/mol. The Morgan fingerprint density at radius 1 is 1.35 bits per heavy atom. The van der Waals surface area contributed by atoms with Gasteiger partial charge in [0.2, 0.25) is 0 Å². The molecule has 4 nitrogen and oxygen atoms in total. The standard InChI is InChI=1S/C15H17FN2O2/c1-3-20-11-7-10(8-18-9-11)15(17)14-12(16)5-4-6-13(14)19-2/h4-9,15H,3,17H2,1-2H3. The smallest absolute Gasteiger partial charge is 0.137 e. The lowest BCUT2D eigenvalue weighted by atomic mass is 9.99. The number of nitrogens with two attached hydrogens (primary N) is 1. The molecule has 5 heteroatoms. The number of ether oxygens (including phenoxy) is 2. The van der Waals surface area contributed by atoms with Gasteiger partial charge < -0.3 is 15.2 Å². The lowest BCUT2D eigenvalue weighted by Gasteiger charge is -2.17. The number of hydrogen-bond donors (Lipinski definition) is 1. The first-order valence-electron chi connectivity index (χ1n) is 6.33. The van der Waals surface area contributed by atoms with Crippen LogP contribution in [-0.4, -0.2) is 18.7 Å². The minimum Gasteiger partial charge on any atom is -0.496 e. The molecule has 20 heavy (non-hydrogen) atoms. The van der Waals surface area contributed by atoms with Crippen LogP contribution in [0.5, 0.6) is 11.5 Å². The van der Waals surface area contributed by atoms with E-state index < -0.39 is 11.9 Å². The molecule has 0 radical (unpaired) electrons. The summed E-state index contributed by atoms with van der Waals surface area (Å²) in [4.78, 5) is 4.07. The molecular formula is C15H17FN2O2. The summed E-state index contributed by atoms with van der Waals surface area (Å²) in [6.07, 6.45) is 3.19. The van der Waals surface area contributed by atoms with E-state index in [1.807, 2.05) is 6.92 Å². The van der Waals surface area contributed by atoms with Crippen molar-refractivity contribution in [1.82, 2.24) is 4.98 Å². The molecule has 1 heterocycles. The van der Waals surface area contributed by atoms with Crippen LogP contribution in [0.1, 0.15) is 24.1 Å². The zero-order valence-corrected chi connectivity index (χ0v) is 11.5. The molecule has 1 aromatic heterocycles. The number of nitrogens with zero attached hydrogens (tertiary/aromatic N) is 1. The summed E-state index contributed by atoms with van der Waals surface area (Å²) in [6, 6.07) is 5.71. The number of pyridine rings is 1. The van der Waals surface area contributed by atoms with Crippen LogP contribution in [0.4, 0.5) is 4.39 Å². The first kappa shape index (κ1) is 14.3. The molecule has 0 saturated heterocycles. The summed E-state index contributed by atoms with van der Waals surface area (Å²) in [5.41, 5.74) is 7.12. The Balaban J connectivity index is 2.40. The van der Waals surface area contributed by atoms with Crippen molar-refractivity contribution in [1.29, 1.82) is 0 Å². The molecule has 0 bridgehead atoms. The molecule has 2 N–H and O–H groups in total. The van der Waals surface area contributed by atoms with E-state index in [1.54, 1.807) is 30.6 Å². The molecule has 0 spiro atoms. The van der Waals surface area contributed by atoms with Crippen LogP contribution < -0.4 is 15.2 Å². The minimum absolute atomic E-state index is 0.311. The van der Waals surface area contributed by atoms with Gasteiger partial charge in [-0.25, -0.2) is 4.39 Å². The van der Waals surface area contributed by atoms with E-state index in [0.29, 0.717) is 29.2 Å². The van der Waals surface area contributed by atoms with Gasteiger partial charge in [0.05, 0.1) is 31.5 Å². The quantitative estimate of drug-likeness (QED) is 0.912. The summed E-state index contributed by atoms with van der Waals surface area (Å²) < 4.78 is 24.6. The van der Waals surface area contributed by atoms with Gasteiger partial charge in [-0.15, -0.1) is 0 Å². The van der Waals surface area contributed by atoms with Gasteiger partial charge in [-0.3, -0.25) is 4.98 Å². The molecule has 0 saturated carbocycles. The third kappa shape index (κ3) is 2.88. The van der Waals surface area contributed by atoms with Crippen LogP contribution in [0.25, 0.3) is 0 Å². The highest BCUT2D eigenvalue weighted by Crippen LogP contribution is 2.31. The van der Waals surface area contributed by atoms with Gasteiger partial charge in [-0.2, -0.15) is 0 Å². The summed E-state index contributed by atoms with van der Waals surface area (Å²) in [5.74, 6) is 0.619. The van der Waals surface area contributed by atoms with E-state index in [9.17, 15) is 4.39 Å².